The summed E-state index contributed by atoms with van der Waals surface area (Å²) >= 11 is 6.27. The van der Waals surface area contributed by atoms with Crippen LogP contribution >= 0.6 is 11.6 Å². The second kappa shape index (κ2) is 11.3. The smallest absolute Gasteiger partial charge is 0.494 e. The average Bonchev–Trinajstić information content (AvgIpc) is 3.76. The van der Waals surface area contributed by atoms with Gasteiger partial charge >= 0.3 is 6.29 Å². The number of carbonyl (C=O) groups excluding carboxylic acids is 2. The summed E-state index contributed by atoms with van der Waals surface area (Å²) in [6.07, 6.45) is -6.27. The van der Waals surface area contributed by atoms with Gasteiger partial charge in [0.25, 0.3) is 12.3 Å². The Bertz CT molecular complexity index is 2060. The summed E-state index contributed by atoms with van der Waals surface area (Å²) in [7, 11) is 1.42. The molecular formula is C33H27ClF4N4O7. The molecule has 4 aromatic rings. The zero-order valence-corrected chi connectivity index (χ0v) is 26.5. The molecule has 2 aliphatic heterocycles. The van der Waals surface area contributed by atoms with Crippen molar-refractivity contribution < 1.29 is 51.2 Å². The van der Waals surface area contributed by atoms with Crippen molar-refractivity contribution in [1.29, 1.82) is 0 Å². The molecule has 16 heteroatoms. The molecule has 4 N–H and O–H groups in total. The zero-order valence-electron chi connectivity index (χ0n) is 25.8. The molecule has 49 heavy (non-hydrogen) atoms. The van der Waals surface area contributed by atoms with Crippen LogP contribution in [0.2, 0.25) is 5.02 Å². The van der Waals surface area contributed by atoms with Gasteiger partial charge in [-0.25, -0.2) is 18.7 Å². The lowest BCUT2D eigenvalue weighted by Gasteiger charge is -2.30. The van der Waals surface area contributed by atoms with Crippen LogP contribution in [0.1, 0.15) is 40.2 Å². The van der Waals surface area contributed by atoms with Crippen LogP contribution in [-0.2, 0) is 15.8 Å². The molecule has 0 unspecified atom stereocenters. The maximum atomic E-state index is 14.7. The first-order valence-electron chi connectivity index (χ1n) is 15.0. The van der Waals surface area contributed by atoms with Gasteiger partial charge in [-0.1, -0.05) is 11.6 Å². The predicted octanol–water partition coefficient (Wildman–Crippen LogP) is 5.00. The number of fused-ring (bicyclic) bond motifs is 3. The van der Waals surface area contributed by atoms with E-state index in [0.717, 1.165) is 12.1 Å². The highest BCUT2D eigenvalue weighted by Gasteiger charge is 2.56. The first kappa shape index (κ1) is 32.6. The summed E-state index contributed by atoms with van der Waals surface area (Å²) in [6.45, 7) is 0.462. The Labute approximate surface area is 280 Å². The number of hydrogen-bond acceptors (Lipinski definition) is 9. The van der Waals surface area contributed by atoms with Gasteiger partial charge in [0.1, 0.15) is 34.9 Å². The maximum Gasteiger partial charge on any atom is 0.586 e. The monoisotopic (exact) mass is 702 g/mol. The van der Waals surface area contributed by atoms with E-state index in [-0.39, 0.29) is 45.3 Å². The number of aromatic nitrogens is 2. The normalized spacial score (nSPS) is 20.1. The van der Waals surface area contributed by atoms with Gasteiger partial charge in [-0.05, 0) is 68.1 Å². The van der Waals surface area contributed by atoms with E-state index in [0.29, 0.717) is 40.2 Å². The van der Waals surface area contributed by atoms with E-state index in [9.17, 15) is 32.3 Å². The second-order valence-corrected chi connectivity index (χ2v) is 12.6. The van der Waals surface area contributed by atoms with Crippen LogP contribution in [0.4, 0.5) is 17.6 Å². The third-order valence-corrected chi connectivity index (χ3v) is 9.48. The molecule has 2 amide bonds. The minimum atomic E-state index is -3.94. The van der Waals surface area contributed by atoms with Crippen LogP contribution in [0, 0.1) is 12.8 Å². The number of nitrogens with one attached hydrogen (secondary N) is 1. The Morgan fingerprint density at radius 1 is 1.14 bits per heavy atom. The Morgan fingerprint density at radius 3 is 2.55 bits per heavy atom. The largest absolute Gasteiger partial charge is 0.586 e. The SMILES string of the molecule is COc1cc(C(=O)NC[C@](O)(c2cc3c(c(-c4ccc5c(c4)OC(F)(F)O5)n2)OC[C@]3(C(N)=O)C(F)F)C2CC2)cc2cc(Cl)c(C)nc12. The average molecular weight is 703 g/mol. The standard InChI is InChI=1S/C33H27ClF4N4O7/c1-14-20(34)8-16-7-17(10-23(46-2)25(16)41-14)28(43)40-12-32(45,18-4-5-18)24-11-19-27(47-13-31(19,29(35)36)30(39)44)26(42-24)15-3-6-21-22(9-15)49-33(37,38)48-21/h3,6-11,18,29,45H,4-5,12-13H2,1-2H3,(H2,39,44)(H,40,43)/t31-,32-/m1/s1. The van der Waals surface area contributed by atoms with E-state index in [4.69, 9.17) is 26.8 Å². The summed E-state index contributed by atoms with van der Waals surface area (Å²) in [5, 5.41) is 15.8. The molecule has 0 saturated heterocycles. The van der Waals surface area contributed by atoms with Crippen molar-refractivity contribution in [2.75, 3.05) is 20.3 Å². The Hall–Kier alpha value is -4.89. The number of nitrogens with zero attached hydrogens (tertiary/aromatic N) is 2. The number of alkyl halides is 4. The second-order valence-electron chi connectivity index (χ2n) is 12.2. The van der Waals surface area contributed by atoms with Crippen molar-refractivity contribution in [3.8, 4) is 34.3 Å². The zero-order chi connectivity index (χ0) is 35.0. The minimum Gasteiger partial charge on any atom is -0.494 e. The lowest BCUT2D eigenvalue weighted by Crippen LogP contribution is -2.49. The van der Waals surface area contributed by atoms with E-state index < -0.39 is 54.6 Å². The minimum absolute atomic E-state index is 0.0700. The van der Waals surface area contributed by atoms with Crippen molar-refractivity contribution in [2.45, 2.75) is 43.5 Å². The van der Waals surface area contributed by atoms with Gasteiger partial charge in [-0.15, -0.1) is 8.78 Å². The summed E-state index contributed by atoms with van der Waals surface area (Å²) in [5.74, 6) is -3.06. The van der Waals surface area contributed by atoms with Crippen molar-refractivity contribution in [1.82, 2.24) is 15.3 Å². The number of halogens is 5. The highest BCUT2D eigenvalue weighted by atomic mass is 35.5. The fraction of sp³-hybridized carbons (Fsp3) is 0.333. The van der Waals surface area contributed by atoms with E-state index in [2.05, 4.69) is 24.8 Å². The third kappa shape index (κ3) is 5.31. The van der Waals surface area contributed by atoms with E-state index in [1.54, 1.807) is 19.1 Å². The number of primary amides is 1. The number of nitrogens with two attached hydrogens (primary N) is 1. The third-order valence-electron chi connectivity index (χ3n) is 9.09. The van der Waals surface area contributed by atoms with Crippen LogP contribution in [-0.4, -0.2) is 59.9 Å². The molecule has 0 bridgehead atoms. The van der Waals surface area contributed by atoms with Crippen molar-refractivity contribution in [3.05, 3.63) is 70.0 Å². The molecule has 1 aliphatic carbocycles. The molecule has 2 atom stereocenters. The number of aryl methyl sites for hydroxylation is 1. The van der Waals surface area contributed by atoms with Crippen LogP contribution in [0.25, 0.3) is 22.2 Å². The summed E-state index contributed by atoms with van der Waals surface area (Å²) < 4.78 is 77.2. The summed E-state index contributed by atoms with van der Waals surface area (Å²) in [6, 6.07) is 9.44. The number of ether oxygens (including phenoxy) is 4. The number of carbonyl (C=O) groups is 2. The molecule has 0 spiro atoms. The molecular weight excluding hydrogens is 676 g/mol. The predicted molar refractivity (Wildman–Crippen MR) is 165 cm³/mol. The van der Waals surface area contributed by atoms with Crippen LogP contribution in [0.15, 0.2) is 42.5 Å². The van der Waals surface area contributed by atoms with Gasteiger partial charge in [0.2, 0.25) is 5.91 Å². The maximum absolute atomic E-state index is 14.7. The number of aliphatic hydroxyl groups is 1. The number of rotatable bonds is 9. The van der Waals surface area contributed by atoms with Crippen molar-refractivity contribution in [3.63, 3.8) is 0 Å². The molecule has 1 fully saturated rings. The molecule has 1 saturated carbocycles. The molecule has 11 nitrogen and oxygen atoms in total. The van der Waals surface area contributed by atoms with E-state index in [1.807, 2.05) is 0 Å². The van der Waals surface area contributed by atoms with Gasteiger partial charge in [-0.2, -0.15) is 0 Å². The number of hydrogen-bond donors (Lipinski definition) is 3. The number of methoxy groups -OCH3 is 1. The summed E-state index contributed by atoms with van der Waals surface area (Å²) in [5.41, 5.74) is 1.58. The molecule has 0 radical (unpaired) electrons. The number of benzene rings is 2. The molecule has 7 rings (SSSR count). The molecule has 4 heterocycles. The van der Waals surface area contributed by atoms with E-state index in [1.165, 1.54) is 25.3 Å². The first-order chi connectivity index (χ1) is 23.2. The topological polar surface area (TPSA) is 155 Å². The van der Waals surface area contributed by atoms with Crippen molar-refractivity contribution >= 4 is 34.3 Å². The van der Waals surface area contributed by atoms with E-state index >= 15 is 0 Å². The highest BCUT2D eigenvalue weighted by molar-refractivity contribution is 6.31. The van der Waals surface area contributed by atoms with Gasteiger partial charge in [0.15, 0.2) is 16.9 Å². The van der Waals surface area contributed by atoms with Crippen LogP contribution < -0.4 is 30.0 Å². The Kier molecular flexibility index (Phi) is 7.55. The fourth-order valence-electron chi connectivity index (χ4n) is 6.21. The summed E-state index contributed by atoms with van der Waals surface area (Å²) in [4.78, 5) is 35.2. The van der Waals surface area contributed by atoms with Gasteiger partial charge in [0, 0.05) is 22.1 Å². The first-order valence-corrected chi connectivity index (χ1v) is 15.4. The number of pyridine rings is 2. The molecule has 256 valence electrons. The Balaban J connectivity index is 1.30. The highest BCUT2D eigenvalue weighted by Crippen LogP contribution is 2.52. The fourth-order valence-corrected chi connectivity index (χ4v) is 6.37. The van der Waals surface area contributed by atoms with Gasteiger partial charge in [-0.3, -0.25) is 9.59 Å². The molecule has 2 aromatic carbocycles. The van der Waals surface area contributed by atoms with Crippen LogP contribution in [0.3, 0.4) is 0 Å². The lowest BCUT2D eigenvalue weighted by molar-refractivity contribution is -0.286. The molecule has 2 aromatic heterocycles. The Morgan fingerprint density at radius 2 is 1.88 bits per heavy atom. The van der Waals surface area contributed by atoms with Crippen molar-refractivity contribution in [2.24, 2.45) is 11.7 Å². The van der Waals surface area contributed by atoms with Gasteiger partial charge < -0.3 is 35.1 Å². The number of amides is 2. The quantitative estimate of drug-likeness (QED) is 0.205. The van der Waals surface area contributed by atoms with Gasteiger partial charge in [0.05, 0.1) is 30.1 Å². The van der Waals surface area contributed by atoms with Crippen LogP contribution in [0.5, 0.6) is 23.0 Å². The lowest BCUT2D eigenvalue weighted by atomic mass is 9.79. The molecule has 3 aliphatic rings.